The quantitative estimate of drug-likeness (QED) is 0.808. The topological polar surface area (TPSA) is 46.5 Å². The van der Waals surface area contributed by atoms with Gasteiger partial charge in [0.2, 0.25) is 0 Å². The fourth-order valence-electron chi connectivity index (χ4n) is 1.33. The van der Waals surface area contributed by atoms with E-state index in [4.69, 9.17) is 16.3 Å². The summed E-state index contributed by atoms with van der Waals surface area (Å²) in [7, 11) is 0. The highest BCUT2D eigenvalue weighted by Crippen LogP contribution is 2.28. The number of halogens is 1. The summed E-state index contributed by atoms with van der Waals surface area (Å²) in [5.74, 6) is 0.0946. The minimum Gasteiger partial charge on any atom is -0.507 e. The molecular weight excluding hydrogens is 228 g/mol. The number of carbonyl (C=O) groups is 1. The molecule has 1 rings (SSSR count). The third-order valence-corrected chi connectivity index (χ3v) is 2.33. The van der Waals surface area contributed by atoms with Crippen molar-refractivity contribution in [1.82, 2.24) is 0 Å². The van der Waals surface area contributed by atoms with E-state index in [0.29, 0.717) is 16.1 Å². The Morgan fingerprint density at radius 1 is 1.44 bits per heavy atom. The van der Waals surface area contributed by atoms with Crippen molar-refractivity contribution in [2.75, 3.05) is 0 Å². The summed E-state index contributed by atoms with van der Waals surface area (Å²) in [6, 6.07) is 3.23. The second-order valence-corrected chi connectivity index (χ2v) is 4.24. The fraction of sp³-hybridized carbons (Fsp3) is 0.417. The molecule has 0 aromatic heterocycles. The third kappa shape index (κ3) is 3.51. The Morgan fingerprint density at radius 2 is 2.06 bits per heavy atom. The molecule has 0 bridgehead atoms. The third-order valence-electron chi connectivity index (χ3n) is 2.11. The van der Waals surface area contributed by atoms with Crippen LogP contribution in [0.1, 0.15) is 25.0 Å². The lowest BCUT2D eigenvalue weighted by Crippen LogP contribution is -2.03. The highest BCUT2D eigenvalue weighted by molar-refractivity contribution is 6.30. The van der Waals surface area contributed by atoms with Crippen molar-refractivity contribution in [3.63, 3.8) is 0 Å². The zero-order valence-electron chi connectivity index (χ0n) is 9.37. The predicted octanol–water partition coefficient (Wildman–Crippen LogP) is 2.71. The van der Waals surface area contributed by atoms with Crippen LogP contribution in [0.3, 0.4) is 0 Å². The number of carbonyl (C=O) groups excluding carboxylic acids is 1. The van der Waals surface area contributed by atoms with Crippen molar-refractivity contribution >= 4 is 17.9 Å². The SMILES string of the molecule is CC(C)OCc1cc(Cl)cc(CC=O)c1O. The first-order valence-corrected chi connectivity index (χ1v) is 5.48. The van der Waals surface area contributed by atoms with Crippen molar-refractivity contribution in [3.05, 3.63) is 28.3 Å². The van der Waals surface area contributed by atoms with Gasteiger partial charge in [-0.25, -0.2) is 0 Å². The molecule has 1 aromatic carbocycles. The molecule has 0 saturated heterocycles. The smallest absolute Gasteiger partial charge is 0.124 e. The maximum Gasteiger partial charge on any atom is 0.124 e. The van der Waals surface area contributed by atoms with E-state index in [2.05, 4.69) is 0 Å². The molecule has 0 atom stereocenters. The Bertz CT molecular complexity index is 375. The molecule has 1 N–H and O–H groups in total. The average Bonchev–Trinajstić information content (AvgIpc) is 2.21. The minimum atomic E-state index is 0.0768. The van der Waals surface area contributed by atoms with Gasteiger partial charge in [-0.05, 0) is 26.0 Å². The molecule has 88 valence electrons. The number of hydrogen-bond acceptors (Lipinski definition) is 3. The molecule has 0 fully saturated rings. The van der Waals surface area contributed by atoms with Crippen LogP contribution in [0.25, 0.3) is 0 Å². The van der Waals surface area contributed by atoms with E-state index in [9.17, 15) is 9.90 Å². The van der Waals surface area contributed by atoms with Crippen LogP contribution in [0.15, 0.2) is 12.1 Å². The number of aldehydes is 1. The molecule has 0 unspecified atom stereocenters. The van der Waals surface area contributed by atoms with Gasteiger partial charge in [0.1, 0.15) is 12.0 Å². The van der Waals surface area contributed by atoms with Crippen molar-refractivity contribution in [2.24, 2.45) is 0 Å². The number of ether oxygens (including phenoxy) is 1. The molecule has 0 heterocycles. The normalized spacial score (nSPS) is 10.8. The van der Waals surface area contributed by atoms with Crippen LogP contribution in [-0.4, -0.2) is 17.5 Å². The van der Waals surface area contributed by atoms with E-state index < -0.39 is 0 Å². The maximum absolute atomic E-state index is 10.4. The van der Waals surface area contributed by atoms with Gasteiger partial charge >= 0.3 is 0 Å². The highest BCUT2D eigenvalue weighted by atomic mass is 35.5. The number of phenols is 1. The second-order valence-electron chi connectivity index (χ2n) is 3.80. The largest absolute Gasteiger partial charge is 0.507 e. The highest BCUT2D eigenvalue weighted by Gasteiger charge is 2.09. The Morgan fingerprint density at radius 3 is 2.62 bits per heavy atom. The number of benzene rings is 1. The lowest BCUT2D eigenvalue weighted by atomic mass is 10.1. The first-order chi connectivity index (χ1) is 7.54. The van der Waals surface area contributed by atoms with Crippen molar-refractivity contribution < 1.29 is 14.6 Å². The van der Waals surface area contributed by atoms with Crippen LogP contribution in [0.4, 0.5) is 0 Å². The van der Waals surface area contributed by atoms with E-state index in [0.717, 1.165) is 6.29 Å². The number of hydrogen-bond donors (Lipinski definition) is 1. The van der Waals surface area contributed by atoms with Crippen molar-refractivity contribution in [1.29, 1.82) is 0 Å². The second kappa shape index (κ2) is 5.87. The summed E-state index contributed by atoms with van der Waals surface area (Å²) < 4.78 is 5.39. The van der Waals surface area contributed by atoms with E-state index in [1.807, 2.05) is 13.8 Å². The molecule has 16 heavy (non-hydrogen) atoms. The van der Waals surface area contributed by atoms with Crippen LogP contribution < -0.4 is 0 Å². The van der Waals surface area contributed by atoms with Gasteiger partial charge in [0.25, 0.3) is 0 Å². The van der Waals surface area contributed by atoms with Gasteiger partial charge in [-0.15, -0.1) is 0 Å². The summed E-state index contributed by atoms with van der Waals surface area (Å²) in [6.07, 6.45) is 0.965. The van der Waals surface area contributed by atoms with Crippen molar-refractivity contribution in [2.45, 2.75) is 33.0 Å². The first-order valence-electron chi connectivity index (χ1n) is 5.10. The zero-order valence-corrected chi connectivity index (χ0v) is 10.1. The Balaban J connectivity index is 2.94. The van der Waals surface area contributed by atoms with E-state index >= 15 is 0 Å². The Hall–Kier alpha value is -1.06. The van der Waals surface area contributed by atoms with Crippen LogP contribution in [0, 0.1) is 0 Å². The maximum atomic E-state index is 10.4. The molecule has 1 aromatic rings. The van der Waals surface area contributed by atoms with Crippen molar-refractivity contribution in [3.8, 4) is 5.75 Å². The standard InChI is InChI=1S/C12H15ClO3/c1-8(2)16-7-10-6-11(13)5-9(3-4-14)12(10)15/h4-6,8,15H,3,7H2,1-2H3. The summed E-state index contributed by atoms with van der Waals surface area (Å²) in [4.78, 5) is 10.4. The number of aromatic hydroxyl groups is 1. The lowest BCUT2D eigenvalue weighted by molar-refractivity contribution is -0.107. The van der Waals surface area contributed by atoms with Gasteiger partial charge in [-0.3, -0.25) is 0 Å². The van der Waals surface area contributed by atoms with Crippen LogP contribution in [0.5, 0.6) is 5.75 Å². The summed E-state index contributed by atoms with van der Waals surface area (Å²) in [5.41, 5.74) is 1.14. The van der Waals surface area contributed by atoms with E-state index in [1.54, 1.807) is 12.1 Å². The molecule has 0 aliphatic rings. The van der Waals surface area contributed by atoms with E-state index in [-0.39, 0.29) is 24.9 Å². The van der Waals surface area contributed by atoms with Gasteiger partial charge in [0.15, 0.2) is 0 Å². The van der Waals surface area contributed by atoms with Crippen LogP contribution in [0.2, 0.25) is 5.02 Å². The molecule has 0 radical (unpaired) electrons. The van der Waals surface area contributed by atoms with Gasteiger partial charge in [0, 0.05) is 22.6 Å². The van der Waals surface area contributed by atoms with Gasteiger partial charge in [-0.2, -0.15) is 0 Å². The molecule has 0 amide bonds. The summed E-state index contributed by atoms with van der Waals surface area (Å²) >= 11 is 5.89. The van der Waals surface area contributed by atoms with Gasteiger partial charge < -0.3 is 14.6 Å². The number of rotatable bonds is 5. The minimum absolute atomic E-state index is 0.0768. The van der Waals surface area contributed by atoms with E-state index in [1.165, 1.54) is 0 Å². The lowest BCUT2D eigenvalue weighted by Gasteiger charge is -2.11. The molecule has 0 aliphatic carbocycles. The molecule has 4 heteroatoms. The van der Waals surface area contributed by atoms with Gasteiger partial charge in [-0.1, -0.05) is 11.6 Å². The number of phenolic OH excluding ortho intramolecular Hbond substituents is 1. The van der Waals surface area contributed by atoms with Gasteiger partial charge in [0.05, 0.1) is 12.7 Å². The van der Waals surface area contributed by atoms with Crippen LogP contribution >= 0.6 is 11.6 Å². The molecule has 0 saturated carbocycles. The van der Waals surface area contributed by atoms with Crippen LogP contribution in [-0.2, 0) is 22.6 Å². The summed E-state index contributed by atoms with van der Waals surface area (Å²) in [6.45, 7) is 4.11. The first kappa shape index (κ1) is 13.0. The molecule has 0 spiro atoms. The Labute approximate surface area is 100.0 Å². The zero-order chi connectivity index (χ0) is 12.1. The molecular formula is C12H15ClO3. The molecule has 3 nitrogen and oxygen atoms in total. The Kier molecular flexibility index (Phi) is 4.77. The predicted molar refractivity (Wildman–Crippen MR) is 62.8 cm³/mol. The molecule has 0 aliphatic heterocycles. The summed E-state index contributed by atoms with van der Waals surface area (Å²) in [5, 5.41) is 10.4. The fourth-order valence-corrected chi connectivity index (χ4v) is 1.59. The monoisotopic (exact) mass is 242 g/mol. The average molecular weight is 243 g/mol.